The van der Waals surface area contributed by atoms with Crippen LogP contribution in [-0.2, 0) is 11.3 Å². The van der Waals surface area contributed by atoms with Crippen LogP contribution >= 0.6 is 12.2 Å². The van der Waals surface area contributed by atoms with E-state index in [1.54, 1.807) is 12.0 Å². The topological polar surface area (TPSA) is 55.6 Å². The predicted octanol–water partition coefficient (Wildman–Crippen LogP) is 2.75. The highest BCUT2D eigenvalue weighted by Crippen LogP contribution is 2.23. The summed E-state index contributed by atoms with van der Waals surface area (Å²) in [6.45, 7) is 6.73. The summed E-state index contributed by atoms with van der Waals surface area (Å²) in [5.41, 5.74) is 6.09. The van der Waals surface area contributed by atoms with E-state index in [4.69, 9.17) is 22.7 Å². The van der Waals surface area contributed by atoms with Crippen LogP contribution in [0.15, 0.2) is 24.3 Å². The standard InChI is InChI=1S/C16H24N2O2S/c1-16(2,3)15(19)18(10-9-14(17)21)11-12-7-5-6-8-13(12)20-4/h5-8H,9-11H2,1-4H3,(H2,17,21). The smallest absolute Gasteiger partial charge is 0.228 e. The third-order valence-electron chi connectivity index (χ3n) is 3.11. The van der Waals surface area contributed by atoms with E-state index in [1.807, 2.05) is 45.0 Å². The van der Waals surface area contributed by atoms with Gasteiger partial charge >= 0.3 is 0 Å². The maximum absolute atomic E-state index is 12.6. The third-order valence-corrected chi connectivity index (χ3v) is 3.31. The molecule has 0 atom stereocenters. The van der Waals surface area contributed by atoms with Crippen LogP contribution in [0.2, 0.25) is 0 Å². The van der Waals surface area contributed by atoms with Crippen molar-refractivity contribution < 1.29 is 9.53 Å². The van der Waals surface area contributed by atoms with E-state index in [9.17, 15) is 4.79 Å². The van der Waals surface area contributed by atoms with E-state index in [0.29, 0.717) is 24.5 Å². The number of ether oxygens (including phenoxy) is 1. The molecule has 2 N–H and O–H groups in total. The molecule has 0 radical (unpaired) electrons. The van der Waals surface area contributed by atoms with E-state index in [2.05, 4.69) is 0 Å². The Morgan fingerprint density at radius 2 is 1.95 bits per heavy atom. The number of amides is 1. The van der Waals surface area contributed by atoms with E-state index >= 15 is 0 Å². The van der Waals surface area contributed by atoms with Crippen molar-refractivity contribution in [2.45, 2.75) is 33.7 Å². The van der Waals surface area contributed by atoms with Gasteiger partial charge in [-0.05, 0) is 6.07 Å². The molecule has 0 spiro atoms. The second kappa shape index (κ2) is 7.41. The number of carbonyl (C=O) groups excluding carboxylic acids is 1. The summed E-state index contributed by atoms with van der Waals surface area (Å²) < 4.78 is 5.35. The normalized spacial score (nSPS) is 11.0. The summed E-state index contributed by atoms with van der Waals surface area (Å²) in [7, 11) is 1.63. The molecule has 21 heavy (non-hydrogen) atoms. The first-order valence-corrected chi connectivity index (χ1v) is 7.36. The van der Waals surface area contributed by atoms with Gasteiger partial charge in [0.15, 0.2) is 0 Å². The van der Waals surface area contributed by atoms with Gasteiger partial charge in [-0.25, -0.2) is 0 Å². The van der Waals surface area contributed by atoms with Crippen molar-refractivity contribution in [1.82, 2.24) is 4.90 Å². The number of benzene rings is 1. The quantitative estimate of drug-likeness (QED) is 0.821. The van der Waals surface area contributed by atoms with Crippen LogP contribution in [0.1, 0.15) is 32.8 Å². The number of methoxy groups -OCH3 is 1. The number of thiocarbonyl (C=S) groups is 1. The van der Waals surface area contributed by atoms with Crippen LogP contribution in [0.4, 0.5) is 0 Å². The van der Waals surface area contributed by atoms with E-state index in [-0.39, 0.29) is 5.91 Å². The highest BCUT2D eigenvalue weighted by molar-refractivity contribution is 7.80. The zero-order chi connectivity index (χ0) is 16.0. The van der Waals surface area contributed by atoms with Gasteiger partial charge in [0, 0.05) is 30.5 Å². The molecule has 0 aromatic heterocycles. The number of rotatable bonds is 6. The molecule has 0 aliphatic heterocycles. The predicted molar refractivity (Wildman–Crippen MR) is 89.3 cm³/mol. The minimum absolute atomic E-state index is 0.0738. The van der Waals surface area contributed by atoms with Gasteiger partial charge in [0.2, 0.25) is 5.91 Å². The van der Waals surface area contributed by atoms with Crippen molar-refractivity contribution in [2.24, 2.45) is 11.1 Å². The first-order chi connectivity index (χ1) is 9.75. The molecule has 0 bridgehead atoms. The second-order valence-corrected chi connectivity index (χ2v) is 6.53. The summed E-state index contributed by atoms with van der Waals surface area (Å²) in [5, 5.41) is 0. The molecule has 0 fully saturated rings. The highest BCUT2D eigenvalue weighted by atomic mass is 32.1. The molecule has 116 valence electrons. The first-order valence-electron chi connectivity index (χ1n) is 6.95. The van der Waals surface area contributed by atoms with Gasteiger partial charge in [-0.3, -0.25) is 4.79 Å². The van der Waals surface area contributed by atoms with Gasteiger partial charge in [0.25, 0.3) is 0 Å². The van der Waals surface area contributed by atoms with Crippen molar-refractivity contribution in [3.63, 3.8) is 0 Å². The maximum Gasteiger partial charge on any atom is 0.228 e. The molecule has 0 aliphatic rings. The molecule has 4 nitrogen and oxygen atoms in total. The van der Waals surface area contributed by atoms with Crippen LogP contribution in [0.5, 0.6) is 5.75 Å². The lowest BCUT2D eigenvalue weighted by Gasteiger charge is -2.30. The Morgan fingerprint density at radius 1 is 1.33 bits per heavy atom. The van der Waals surface area contributed by atoms with Gasteiger partial charge in [0.1, 0.15) is 5.75 Å². The number of hydrogen-bond acceptors (Lipinski definition) is 3. The summed E-state index contributed by atoms with van der Waals surface area (Å²) in [6, 6.07) is 7.70. The minimum atomic E-state index is -0.446. The Hall–Kier alpha value is -1.62. The monoisotopic (exact) mass is 308 g/mol. The average molecular weight is 308 g/mol. The molecule has 0 saturated carbocycles. The summed E-state index contributed by atoms with van der Waals surface area (Å²) in [5.74, 6) is 0.851. The Bertz CT molecular complexity index is 509. The van der Waals surface area contributed by atoms with E-state index in [1.165, 1.54) is 0 Å². The van der Waals surface area contributed by atoms with Crippen molar-refractivity contribution in [3.05, 3.63) is 29.8 Å². The van der Waals surface area contributed by atoms with Crippen LogP contribution in [0, 0.1) is 5.41 Å². The van der Waals surface area contributed by atoms with Gasteiger partial charge in [-0.2, -0.15) is 0 Å². The fourth-order valence-corrected chi connectivity index (χ4v) is 2.10. The zero-order valence-electron chi connectivity index (χ0n) is 13.2. The third kappa shape index (κ3) is 5.34. The number of para-hydroxylation sites is 1. The van der Waals surface area contributed by atoms with Gasteiger partial charge < -0.3 is 15.4 Å². The van der Waals surface area contributed by atoms with Crippen molar-refractivity contribution in [3.8, 4) is 5.75 Å². The molecule has 0 heterocycles. The molecule has 1 rings (SSSR count). The van der Waals surface area contributed by atoms with Gasteiger partial charge in [-0.1, -0.05) is 51.2 Å². The molecule has 0 aliphatic carbocycles. The molecule has 1 amide bonds. The fraction of sp³-hybridized carbons (Fsp3) is 0.500. The lowest BCUT2D eigenvalue weighted by Crippen LogP contribution is -2.40. The molecule has 0 unspecified atom stereocenters. The van der Waals surface area contributed by atoms with Crippen molar-refractivity contribution >= 4 is 23.1 Å². The lowest BCUT2D eigenvalue weighted by molar-refractivity contribution is -0.140. The van der Waals surface area contributed by atoms with Crippen molar-refractivity contribution in [2.75, 3.05) is 13.7 Å². The summed E-state index contributed by atoms with van der Waals surface area (Å²) in [6.07, 6.45) is 0.520. The largest absolute Gasteiger partial charge is 0.496 e. The minimum Gasteiger partial charge on any atom is -0.496 e. The fourth-order valence-electron chi connectivity index (χ4n) is 2.01. The molecule has 1 aromatic carbocycles. The molecular weight excluding hydrogens is 284 g/mol. The molecule has 0 saturated heterocycles. The highest BCUT2D eigenvalue weighted by Gasteiger charge is 2.27. The number of carbonyl (C=O) groups is 1. The first kappa shape index (κ1) is 17.4. The molecular formula is C16H24N2O2S. The lowest BCUT2D eigenvalue weighted by atomic mass is 9.94. The SMILES string of the molecule is COc1ccccc1CN(CCC(N)=S)C(=O)C(C)(C)C. The Morgan fingerprint density at radius 3 is 2.48 bits per heavy atom. The maximum atomic E-state index is 12.6. The van der Waals surface area contributed by atoms with Crippen LogP contribution in [0.25, 0.3) is 0 Å². The van der Waals surface area contributed by atoms with Crippen molar-refractivity contribution in [1.29, 1.82) is 0 Å². The number of hydrogen-bond donors (Lipinski definition) is 1. The zero-order valence-corrected chi connectivity index (χ0v) is 14.0. The molecule has 5 heteroatoms. The summed E-state index contributed by atoms with van der Waals surface area (Å²) >= 11 is 4.92. The van der Waals surface area contributed by atoms with Crippen LogP contribution in [0.3, 0.4) is 0 Å². The Labute approximate surface area is 132 Å². The summed E-state index contributed by atoms with van der Waals surface area (Å²) in [4.78, 5) is 14.8. The van der Waals surface area contributed by atoms with Crippen LogP contribution < -0.4 is 10.5 Å². The Kier molecular flexibility index (Phi) is 6.15. The number of nitrogens with zero attached hydrogens (tertiary/aromatic N) is 1. The van der Waals surface area contributed by atoms with E-state index in [0.717, 1.165) is 11.3 Å². The van der Waals surface area contributed by atoms with Gasteiger partial charge in [0.05, 0.1) is 12.1 Å². The average Bonchev–Trinajstić information content (AvgIpc) is 2.41. The van der Waals surface area contributed by atoms with Gasteiger partial charge in [-0.15, -0.1) is 0 Å². The van der Waals surface area contributed by atoms with Crippen LogP contribution in [-0.4, -0.2) is 29.5 Å². The number of nitrogens with two attached hydrogens (primary N) is 1. The molecule has 1 aromatic rings. The second-order valence-electron chi connectivity index (χ2n) is 6.00. The van der Waals surface area contributed by atoms with E-state index < -0.39 is 5.41 Å². The Balaban J connectivity index is 2.96.